The molecule has 0 heterocycles. The van der Waals surface area contributed by atoms with Gasteiger partial charge in [0.05, 0.1) is 6.10 Å². The Morgan fingerprint density at radius 1 is 1.10 bits per heavy atom. The van der Waals surface area contributed by atoms with Gasteiger partial charge in [-0.2, -0.15) is 0 Å². The van der Waals surface area contributed by atoms with E-state index < -0.39 is 12.1 Å². The molecule has 1 N–H and O–H groups in total. The normalized spacial score (nSPS) is 12.8. The quantitative estimate of drug-likeness (QED) is 0.548. The van der Waals surface area contributed by atoms with Crippen LogP contribution in [-0.4, -0.2) is 47.2 Å². The fourth-order valence-corrected chi connectivity index (χ4v) is 2.95. The number of likely N-dealkylation sites (N-methyl/N-ethyl adjacent to an activating group) is 1. The number of carbonyl (C=O) groups excluding carboxylic acids is 1. The van der Waals surface area contributed by atoms with Crippen LogP contribution >= 0.6 is 0 Å². The van der Waals surface area contributed by atoms with E-state index in [2.05, 4.69) is 0 Å². The van der Waals surface area contributed by atoms with Gasteiger partial charge in [0.1, 0.15) is 11.6 Å². The fourth-order valence-electron chi connectivity index (χ4n) is 2.95. The maximum atomic E-state index is 13.9. The molecule has 0 radical (unpaired) electrons. The van der Waals surface area contributed by atoms with Crippen LogP contribution in [0, 0.1) is 5.82 Å². The van der Waals surface area contributed by atoms with E-state index in [0.29, 0.717) is 17.9 Å². The van der Waals surface area contributed by atoms with Crippen LogP contribution in [-0.2, 0) is 27.3 Å². The number of nitrogens with zero attached hydrogens (tertiary/aromatic N) is 1. The minimum atomic E-state index is -0.999. The van der Waals surface area contributed by atoms with Crippen molar-refractivity contribution in [3.05, 3.63) is 65.5 Å². The van der Waals surface area contributed by atoms with Crippen LogP contribution in [0.4, 0.5) is 4.39 Å². The third kappa shape index (κ3) is 7.68. The highest BCUT2D eigenvalue weighted by molar-refractivity contribution is 5.77. The summed E-state index contributed by atoms with van der Waals surface area (Å²) in [7, 11) is 0. The van der Waals surface area contributed by atoms with Gasteiger partial charge in [-0.3, -0.25) is 4.79 Å². The molecule has 7 heteroatoms. The zero-order valence-corrected chi connectivity index (χ0v) is 18.2. The number of benzene rings is 2. The number of carbonyl (C=O) groups is 2. The number of hydrogen-bond donors (Lipinski definition) is 1. The summed E-state index contributed by atoms with van der Waals surface area (Å²) in [4.78, 5) is 25.4. The zero-order chi connectivity index (χ0) is 22.8. The summed E-state index contributed by atoms with van der Waals surface area (Å²) in [5.74, 6) is -1.10. The minimum Gasteiger partial charge on any atom is -0.484 e. The summed E-state index contributed by atoms with van der Waals surface area (Å²) in [6.45, 7) is 6.05. The lowest BCUT2D eigenvalue weighted by Crippen LogP contribution is -2.34. The minimum absolute atomic E-state index is 0.138. The molecule has 168 valence electrons. The number of amides is 1. The lowest BCUT2D eigenvalue weighted by molar-refractivity contribution is -0.153. The highest BCUT2D eigenvalue weighted by atomic mass is 19.1. The van der Waals surface area contributed by atoms with Crippen LogP contribution in [0.25, 0.3) is 0 Å². The van der Waals surface area contributed by atoms with Crippen LogP contribution in [0.2, 0.25) is 0 Å². The van der Waals surface area contributed by atoms with Gasteiger partial charge < -0.3 is 19.5 Å². The molecule has 31 heavy (non-hydrogen) atoms. The molecule has 0 aromatic heterocycles. The monoisotopic (exact) mass is 431 g/mol. The standard InChI is InChI=1S/C24H30FNO5/c1-4-17(3)31-22(24(28)29)14-18-10-12-20(13-11-18)30-16-23(27)26(5-2)15-19-8-6-7-9-21(19)25/h6-13,17,22H,4-5,14-16H2,1-3H3,(H,28,29)/t17?,22-/m0/s1. The lowest BCUT2D eigenvalue weighted by Gasteiger charge is -2.21. The topological polar surface area (TPSA) is 76.1 Å². The Bertz CT molecular complexity index is 855. The molecular formula is C24H30FNO5. The van der Waals surface area contributed by atoms with E-state index in [-0.39, 0.29) is 37.4 Å². The van der Waals surface area contributed by atoms with Crippen LogP contribution in [0.5, 0.6) is 5.75 Å². The molecule has 2 atom stereocenters. The van der Waals surface area contributed by atoms with E-state index >= 15 is 0 Å². The van der Waals surface area contributed by atoms with Gasteiger partial charge in [-0.25, -0.2) is 9.18 Å². The van der Waals surface area contributed by atoms with Crippen molar-refractivity contribution in [3.63, 3.8) is 0 Å². The average Bonchev–Trinajstić information content (AvgIpc) is 2.77. The molecule has 2 rings (SSSR count). The van der Waals surface area contributed by atoms with Crippen molar-refractivity contribution in [3.8, 4) is 5.75 Å². The molecule has 6 nitrogen and oxygen atoms in total. The number of carboxylic acid groups (broad SMARTS) is 1. The van der Waals surface area contributed by atoms with Gasteiger partial charge >= 0.3 is 5.97 Å². The Hall–Kier alpha value is -2.93. The second-order valence-corrected chi connectivity index (χ2v) is 7.32. The summed E-state index contributed by atoms with van der Waals surface area (Å²) in [5, 5.41) is 9.36. The molecule has 2 aromatic rings. The summed E-state index contributed by atoms with van der Waals surface area (Å²) < 4.78 is 25.0. The first-order chi connectivity index (χ1) is 14.8. The summed E-state index contributed by atoms with van der Waals surface area (Å²) in [6.07, 6.45) is -0.0816. The molecule has 1 amide bonds. The Morgan fingerprint density at radius 3 is 2.35 bits per heavy atom. The van der Waals surface area contributed by atoms with Gasteiger partial charge in [-0.1, -0.05) is 37.3 Å². The van der Waals surface area contributed by atoms with Gasteiger partial charge in [-0.15, -0.1) is 0 Å². The molecule has 0 spiro atoms. The predicted octanol–water partition coefficient (Wildman–Crippen LogP) is 4.06. The van der Waals surface area contributed by atoms with Gasteiger partial charge in [0.25, 0.3) is 5.91 Å². The first-order valence-electron chi connectivity index (χ1n) is 10.4. The molecule has 0 fully saturated rings. The highest BCUT2D eigenvalue weighted by Crippen LogP contribution is 2.16. The average molecular weight is 432 g/mol. The number of ether oxygens (including phenoxy) is 2. The largest absolute Gasteiger partial charge is 0.484 e. The second-order valence-electron chi connectivity index (χ2n) is 7.32. The molecule has 0 aliphatic carbocycles. The van der Waals surface area contributed by atoms with Gasteiger partial charge in [0.15, 0.2) is 12.7 Å². The van der Waals surface area contributed by atoms with Crippen molar-refractivity contribution < 1.29 is 28.6 Å². The van der Waals surface area contributed by atoms with E-state index in [1.165, 1.54) is 11.0 Å². The van der Waals surface area contributed by atoms with Crippen molar-refractivity contribution >= 4 is 11.9 Å². The van der Waals surface area contributed by atoms with E-state index in [9.17, 15) is 19.1 Å². The number of halogens is 1. The molecular weight excluding hydrogens is 401 g/mol. The summed E-state index contributed by atoms with van der Waals surface area (Å²) in [5.41, 5.74) is 1.25. The first-order valence-corrected chi connectivity index (χ1v) is 10.4. The molecule has 0 bridgehead atoms. The van der Waals surface area contributed by atoms with E-state index in [1.807, 2.05) is 20.8 Å². The maximum absolute atomic E-state index is 13.9. The van der Waals surface area contributed by atoms with Crippen molar-refractivity contribution in [2.24, 2.45) is 0 Å². The van der Waals surface area contributed by atoms with Gasteiger partial charge in [-0.05, 0) is 44.0 Å². The molecule has 0 saturated carbocycles. The molecule has 1 unspecified atom stereocenters. The van der Waals surface area contributed by atoms with E-state index in [1.54, 1.807) is 42.5 Å². The van der Waals surface area contributed by atoms with Crippen molar-refractivity contribution in [1.29, 1.82) is 0 Å². The number of rotatable bonds is 12. The Morgan fingerprint density at radius 2 is 1.77 bits per heavy atom. The number of carboxylic acids is 1. The predicted molar refractivity (Wildman–Crippen MR) is 115 cm³/mol. The van der Waals surface area contributed by atoms with Crippen molar-refractivity contribution in [1.82, 2.24) is 4.90 Å². The second kappa shape index (κ2) is 12.1. The smallest absolute Gasteiger partial charge is 0.333 e. The van der Waals surface area contributed by atoms with Gasteiger partial charge in [0, 0.05) is 25.1 Å². The SMILES string of the molecule is CCC(C)O[C@@H](Cc1ccc(OCC(=O)N(CC)Cc2ccccc2F)cc1)C(=O)O. The zero-order valence-electron chi connectivity index (χ0n) is 18.2. The first kappa shape index (κ1) is 24.3. The molecule has 0 aliphatic heterocycles. The Balaban J connectivity index is 1.91. The number of aliphatic carboxylic acids is 1. The summed E-state index contributed by atoms with van der Waals surface area (Å²) >= 11 is 0. The van der Waals surface area contributed by atoms with E-state index in [0.717, 1.165) is 12.0 Å². The summed E-state index contributed by atoms with van der Waals surface area (Å²) in [6, 6.07) is 13.3. The third-order valence-corrected chi connectivity index (χ3v) is 5.01. The Kier molecular flexibility index (Phi) is 9.46. The highest BCUT2D eigenvalue weighted by Gasteiger charge is 2.21. The third-order valence-electron chi connectivity index (χ3n) is 5.01. The van der Waals surface area contributed by atoms with Crippen LogP contribution in [0.15, 0.2) is 48.5 Å². The number of hydrogen-bond acceptors (Lipinski definition) is 4. The molecule has 0 aliphatic rings. The van der Waals surface area contributed by atoms with Crippen molar-refractivity contribution in [2.75, 3.05) is 13.2 Å². The molecule has 2 aromatic carbocycles. The van der Waals surface area contributed by atoms with Crippen LogP contribution < -0.4 is 4.74 Å². The Labute approximate surface area is 182 Å². The maximum Gasteiger partial charge on any atom is 0.333 e. The van der Waals surface area contributed by atoms with Crippen molar-refractivity contribution in [2.45, 2.75) is 52.4 Å². The van der Waals surface area contributed by atoms with Crippen LogP contribution in [0.1, 0.15) is 38.3 Å². The lowest BCUT2D eigenvalue weighted by atomic mass is 10.1. The van der Waals surface area contributed by atoms with Crippen LogP contribution in [0.3, 0.4) is 0 Å². The molecule has 0 saturated heterocycles. The van der Waals surface area contributed by atoms with Gasteiger partial charge in [0.2, 0.25) is 0 Å². The fraction of sp³-hybridized carbons (Fsp3) is 0.417. The van der Waals surface area contributed by atoms with E-state index in [4.69, 9.17) is 9.47 Å².